The van der Waals surface area contributed by atoms with Gasteiger partial charge in [-0.1, -0.05) is 0 Å². The molecule has 0 aliphatic carbocycles. The number of carboxylic acid groups (broad SMARTS) is 1. The van der Waals surface area contributed by atoms with Crippen molar-refractivity contribution in [3.8, 4) is 0 Å². The van der Waals surface area contributed by atoms with Gasteiger partial charge in [0.05, 0.1) is 8.45 Å². The van der Waals surface area contributed by atoms with Crippen molar-refractivity contribution in [2.24, 2.45) is 0 Å². The Labute approximate surface area is 121 Å². The van der Waals surface area contributed by atoms with Crippen LogP contribution in [0.3, 0.4) is 0 Å². The number of halogens is 1. The first-order chi connectivity index (χ1) is 8.04. The second-order valence-electron chi connectivity index (χ2n) is 3.29. The molecule has 1 aromatic heterocycles. The van der Waals surface area contributed by atoms with Gasteiger partial charge < -0.3 is 10.4 Å². The molecule has 0 radical (unpaired) electrons. The lowest BCUT2D eigenvalue weighted by Gasteiger charge is -2.13. The smallest absolute Gasteiger partial charge is 0.326 e. The van der Waals surface area contributed by atoms with Crippen LogP contribution in [0, 0.1) is 2.88 Å². The van der Waals surface area contributed by atoms with Crippen molar-refractivity contribution in [1.29, 1.82) is 0 Å². The molecule has 0 saturated carbocycles. The molecule has 1 atom stereocenters. The van der Waals surface area contributed by atoms with E-state index < -0.39 is 12.0 Å². The summed E-state index contributed by atoms with van der Waals surface area (Å²) in [4.78, 5) is 22.7. The van der Waals surface area contributed by atoms with Crippen LogP contribution in [0.15, 0.2) is 11.4 Å². The maximum Gasteiger partial charge on any atom is 0.326 e. The number of nitrogens with one attached hydrogen (secondary N) is 1. The average molecular weight is 385 g/mol. The normalized spacial score (nSPS) is 12.1. The number of hydrogen-bond acceptors (Lipinski definition) is 4. The molecule has 0 fully saturated rings. The van der Waals surface area contributed by atoms with Crippen molar-refractivity contribution in [2.45, 2.75) is 12.5 Å². The lowest BCUT2D eigenvalue weighted by atomic mass is 10.2. The number of rotatable bonds is 6. The van der Waals surface area contributed by atoms with Gasteiger partial charge in [0.25, 0.3) is 5.91 Å². The van der Waals surface area contributed by atoms with Crippen LogP contribution >= 0.6 is 45.7 Å². The van der Waals surface area contributed by atoms with Crippen LogP contribution in [-0.2, 0) is 4.79 Å². The number of aliphatic carboxylic acids is 1. The van der Waals surface area contributed by atoms with Crippen LogP contribution < -0.4 is 5.32 Å². The quantitative estimate of drug-likeness (QED) is 0.738. The van der Waals surface area contributed by atoms with E-state index in [9.17, 15) is 9.59 Å². The summed E-state index contributed by atoms with van der Waals surface area (Å²) in [6, 6.07) is 0.932. The maximum absolute atomic E-state index is 11.8. The van der Waals surface area contributed by atoms with E-state index in [4.69, 9.17) is 5.11 Å². The van der Waals surface area contributed by atoms with Gasteiger partial charge >= 0.3 is 5.97 Å². The number of thiophene rings is 1. The lowest BCUT2D eigenvalue weighted by molar-refractivity contribution is -0.139. The highest BCUT2D eigenvalue weighted by Crippen LogP contribution is 2.16. The zero-order valence-electron chi connectivity index (χ0n) is 9.10. The summed E-state index contributed by atoms with van der Waals surface area (Å²) in [6.45, 7) is 0. The number of thioether (sulfide) groups is 1. The highest BCUT2D eigenvalue weighted by atomic mass is 127. The maximum atomic E-state index is 11.8. The number of carbonyl (C=O) groups excluding carboxylic acids is 1. The van der Waals surface area contributed by atoms with Crippen LogP contribution in [0.25, 0.3) is 0 Å². The summed E-state index contributed by atoms with van der Waals surface area (Å²) in [5, 5.41) is 13.2. The first-order valence-electron chi connectivity index (χ1n) is 4.81. The van der Waals surface area contributed by atoms with Gasteiger partial charge in [0.2, 0.25) is 0 Å². The summed E-state index contributed by atoms with van der Waals surface area (Å²) in [5.41, 5.74) is 0.523. The third-order valence-electron chi connectivity index (χ3n) is 2.04. The SMILES string of the molecule is CSCC[C@H](NC(=O)c1csc(I)c1)C(=O)O. The van der Waals surface area contributed by atoms with Crippen LogP contribution in [0.1, 0.15) is 16.8 Å². The standard InChI is InChI=1S/C10H12INO3S2/c1-16-3-2-7(10(14)15)12-9(13)6-4-8(11)17-5-6/h4-5,7H,2-3H2,1H3,(H,12,13)(H,14,15)/t7-/m0/s1. The first-order valence-corrected chi connectivity index (χ1v) is 8.16. The molecule has 2 N–H and O–H groups in total. The summed E-state index contributed by atoms with van der Waals surface area (Å²) < 4.78 is 1.00. The molecule has 0 aromatic carbocycles. The number of hydrogen-bond donors (Lipinski definition) is 2. The molecule has 1 amide bonds. The molecule has 94 valence electrons. The molecule has 0 aliphatic rings. The fourth-order valence-corrected chi connectivity index (χ4v) is 2.96. The van der Waals surface area contributed by atoms with Gasteiger partial charge in [-0.3, -0.25) is 4.79 Å². The number of carbonyl (C=O) groups is 2. The van der Waals surface area contributed by atoms with Gasteiger partial charge in [-0.05, 0) is 47.1 Å². The van der Waals surface area contributed by atoms with E-state index in [1.165, 1.54) is 11.3 Å². The van der Waals surface area contributed by atoms with E-state index in [0.717, 1.165) is 2.88 Å². The van der Waals surface area contributed by atoms with Crippen molar-refractivity contribution in [2.75, 3.05) is 12.0 Å². The van der Waals surface area contributed by atoms with E-state index >= 15 is 0 Å². The second kappa shape index (κ2) is 7.22. The minimum Gasteiger partial charge on any atom is -0.480 e. The zero-order chi connectivity index (χ0) is 12.8. The minimum absolute atomic E-state index is 0.322. The highest BCUT2D eigenvalue weighted by molar-refractivity contribution is 14.1. The molecule has 17 heavy (non-hydrogen) atoms. The Bertz CT molecular complexity index is 408. The Morgan fingerprint density at radius 1 is 1.65 bits per heavy atom. The molecule has 0 aliphatic heterocycles. The highest BCUT2D eigenvalue weighted by Gasteiger charge is 2.20. The van der Waals surface area contributed by atoms with Crippen molar-refractivity contribution in [1.82, 2.24) is 5.32 Å². The van der Waals surface area contributed by atoms with Gasteiger partial charge in [0.15, 0.2) is 0 Å². The molecule has 0 unspecified atom stereocenters. The molecule has 4 nitrogen and oxygen atoms in total. The van der Waals surface area contributed by atoms with E-state index in [-0.39, 0.29) is 5.91 Å². The second-order valence-corrected chi connectivity index (χ2v) is 7.08. The van der Waals surface area contributed by atoms with Gasteiger partial charge in [0, 0.05) is 5.38 Å². The molecule has 7 heteroatoms. The van der Waals surface area contributed by atoms with Crippen LogP contribution in [-0.4, -0.2) is 35.0 Å². The average Bonchev–Trinajstić information content (AvgIpc) is 2.70. The van der Waals surface area contributed by atoms with Crippen molar-refractivity contribution < 1.29 is 14.7 Å². The van der Waals surface area contributed by atoms with E-state index in [1.54, 1.807) is 23.2 Å². The summed E-state index contributed by atoms with van der Waals surface area (Å²) in [7, 11) is 0. The van der Waals surface area contributed by atoms with Crippen LogP contribution in [0.4, 0.5) is 0 Å². The van der Waals surface area contributed by atoms with Gasteiger partial charge in [-0.15, -0.1) is 11.3 Å². The van der Waals surface area contributed by atoms with Crippen molar-refractivity contribution in [3.63, 3.8) is 0 Å². The van der Waals surface area contributed by atoms with Gasteiger partial charge in [0.1, 0.15) is 6.04 Å². The monoisotopic (exact) mass is 385 g/mol. The molecule has 0 saturated heterocycles. The number of carboxylic acids is 1. The Kier molecular flexibility index (Phi) is 6.28. The number of amides is 1. The Balaban J connectivity index is 2.60. The largest absolute Gasteiger partial charge is 0.480 e. The molecule has 0 bridgehead atoms. The fraction of sp³-hybridized carbons (Fsp3) is 0.400. The van der Waals surface area contributed by atoms with E-state index in [1.807, 2.05) is 6.26 Å². The molecule has 1 heterocycles. The minimum atomic E-state index is -0.989. The first kappa shape index (κ1) is 14.8. The molecular weight excluding hydrogens is 373 g/mol. The third-order valence-corrected chi connectivity index (χ3v) is 4.48. The van der Waals surface area contributed by atoms with Gasteiger partial charge in [-0.2, -0.15) is 11.8 Å². The zero-order valence-corrected chi connectivity index (χ0v) is 12.9. The molecule has 1 rings (SSSR count). The summed E-state index contributed by atoms with van der Waals surface area (Å²) in [5.74, 6) is -0.603. The van der Waals surface area contributed by atoms with E-state index in [2.05, 4.69) is 27.9 Å². The predicted molar refractivity (Wildman–Crippen MR) is 78.9 cm³/mol. The molecule has 1 aromatic rings. The van der Waals surface area contributed by atoms with Crippen molar-refractivity contribution >= 4 is 57.6 Å². The van der Waals surface area contributed by atoms with Crippen LogP contribution in [0.5, 0.6) is 0 Å². The Morgan fingerprint density at radius 2 is 2.35 bits per heavy atom. The fourth-order valence-electron chi connectivity index (χ4n) is 1.16. The van der Waals surface area contributed by atoms with Crippen molar-refractivity contribution in [3.05, 3.63) is 19.9 Å². The lowest BCUT2D eigenvalue weighted by Crippen LogP contribution is -2.41. The van der Waals surface area contributed by atoms with E-state index in [0.29, 0.717) is 17.7 Å². The molecule has 0 spiro atoms. The third kappa shape index (κ3) is 4.84. The Morgan fingerprint density at radius 3 is 2.82 bits per heavy atom. The topological polar surface area (TPSA) is 66.4 Å². The Hall–Kier alpha value is -0.280. The molecular formula is C10H12INO3S2. The summed E-state index contributed by atoms with van der Waals surface area (Å²) in [6.07, 6.45) is 2.34. The van der Waals surface area contributed by atoms with Gasteiger partial charge in [-0.25, -0.2) is 4.79 Å². The predicted octanol–water partition coefficient (Wildman–Crippen LogP) is 2.29. The summed E-state index contributed by atoms with van der Waals surface area (Å²) >= 11 is 5.14. The van der Waals surface area contributed by atoms with Crippen LogP contribution in [0.2, 0.25) is 0 Å².